The van der Waals surface area contributed by atoms with E-state index in [2.05, 4.69) is 32.9 Å². The molecule has 3 unspecified atom stereocenters. The smallest absolute Gasteiger partial charge is 0.186 e. The number of aliphatic hydroxyl groups excluding tert-OH is 1. The minimum atomic E-state index is -1.29. The summed E-state index contributed by atoms with van der Waals surface area (Å²) in [4.78, 5) is 0. The average Bonchev–Trinajstić information content (AvgIpc) is 3.17. The van der Waals surface area contributed by atoms with Gasteiger partial charge in [-0.2, -0.15) is 0 Å². The number of halogens is 1. The number of unbranched alkanes of at least 4 members (excludes halogenated alkanes) is 1. The largest absolute Gasteiger partial charge is 0.366 e. The Labute approximate surface area is 163 Å². The molecule has 0 amide bonds. The van der Waals surface area contributed by atoms with Gasteiger partial charge in [0.15, 0.2) is 18.8 Å². The Morgan fingerprint density at radius 3 is 2.78 bits per heavy atom. The van der Waals surface area contributed by atoms with Crippen LogP contribution in [0.5, 0.6) is 0 Å². The van der Waals surface area contributed by atoms with Crippen molar-refractivity contribution in [3.63, 3.8) is 0 Å². The molecule has 1 saturated carbocycles. The van der Waals surface area contributed by atoms with E-state index < -0.39 is 12.5 Å². The summed E-state index contributed by atoms with van der Waals surface area (Å²) < 4.78 is 31.9. The number of allylic oxidation sites excluding steroid dienone is 1. The van der Waals surface area contributed by atoms with Gasteiger partial charge in [-0.3, -0.25) is 0 Å². The van der Waals surface area contributed by atoms with Gasteiger partial charge in [-0.05, 0) is 49.9 Å². The highest BCUT2D eigenvalue weighted by molar-refractivity contribution is 5.07. The molecule has 27 heavy (non-hydrogen) atoms. The van der Waals surface area contributed by atoms with Gasteiger partial charge in [0.1, 0.15) is 0 Å². The van der Waals surface area contributed by atoms with E-state index in [1.54, 1.807) is 0 Å². The molecule has 1 N–H and O–H groups in total. The summed E-state index contributed by atoms with van der Waals surface area (Å²) in [7, 11) is 0. The number of hydrogen-bond donors (Lipinski definition) is 1. The summed E-state index contributed by atoms with van der Waals surface area (Å²) in [6, 6.07) is 0. The Bertz CT molecular complexity index is 487. The molecule has 1 aliphatic carbocycles. The van der Waals surface area contributed by atoms with E-state index in [1.165, 1.54) is 0 Å². The predicted octanol–water partition coefficient (Wildman–Crippen LogP) is 4.75. The van der Waals surface area contributed by atoms with Crippen molar-refractivity contribution in [3.05, 3.63) is 12.2 Å². The molecule has 156 valence electrons. The molecule has 0 aromatic heterocycles. The zero-order valence-corrected chi connectivity index (χ0v) is 17.1. The SMILES string of the molecule is CCCCC(C)(C)C(/C=C/[C@@H]1CC[C@H]2OC(O)[C@H](F)[C@@H]12)OC1CCCCO1. The van der Waals surface area contributed by atoms with Gasteiger partial charge in [-0.1, -0.05) is 45.8 Å². The fourth-order valence-corrected chi connectivity index (χ4v) is 4.78. The topological polar surface area (TPSA) is 47.9 Å². The van der Waals surface area contributed by atoms with Crippen molar-refractivity contribution in [2.45, 2.75) is 103 Å². The molecule has 2 saturated heterocycles. The highest BCUT2D eigenvalue weighted by atomic mass is 19.1. The van der Waals surface area contributed by atoms with E-state index in [1.807, 2.05) is 0 Å². The molecule has 0 bridgehead atoms. The predicted molar refractivity (Wildman–Crippen MR) is 103 cm³/mol. The third-order valence-electron chi connectivity index (χ3n) is 6.58. The van der Waals surface area contributed by atoms with Gasteiger partial charge >= 0.3 is 0 Å². The number of ether oxygens (including phenoxy) is 3. The molecule has 4 nitrogen and oxygen atoms in total. The van der Waals surface area contributed by atoms with Gasteiger partial charge in [0.2, 0.25) is 0 Å². The van der Waals surface area contributed by atoms with Crippen LogP contribution in [0.25, 0.3) is 0 Å². The molecule has 3 fully saturated rings. The average molecular weight is 385 g/mol. The first-order valence-corrected chi connectivity index (χ1v) is 10.9. The lowest BCUT2D eigenvalue weighted by atomic mass is 9.80. The minimum Gasteiger partial charge on any atom is -0.366 e. The maximum absolute atomic E-state index is 14.4. The molecule has 0 aromatic carbocycles. The summed E-state index contributed by atoms with van der Waals surface area (Å²) in [5.74, 6) is -0.135. The van der Waals surface area contributed by atoms with Gasteiger partial charge in [0, 0.05) is 12.5 Å². The standard InChI is InChI=1S/C22H37FO4/c1-4-5-13-22(2,3)17(27-18-8-6-7-14-25-18)12-10-15-9-11-16-19(15)20(23)21(24)26-16/h10,12,15-21,24H,4-9,11,13-14H2,1-3H3/b12-10+/t15-,16+,17?,18?,19-,20+,21?/m0/s1. The van der Waals surface area contributed by atoms with Crippen molar-refractivity contribution in [2.24, 2.45) is 17.3 Å². The Hall–Kier alpha value is -0.490. The molecule has 0 spiro atoms. The van der Waals surface area contributed by atoms with Crippen LogP contribution >= 0.6 is 0 Å². The van der Waals surface area contributed by atoms with E-state index in [9.17, 15) is 9.50 Å². The zero-order valence-electron chi connectivity index (χ0n) is 17.1. The summed E-state index contributed by atoms with van der Waals surface area (Å²) >= 11 is 0. The Morgan fingerprint density at radius 2 is 2.07 bits per heavy atom. The first-order valence-electron chi connectivity index (χ1n) is 10.9. The number of alkyl halides is 1. The van der Waals surface area contributed by atoms with Crippen LogP contribution in [0.2, 0.25) is 0 Å². The van der Waals surface area contributed by atoms with E-state index in [0.29, 0.717) is 0 Å². The fraction of sp³-hybridized carbons (Fsp3) is 0.909. The van der Waals surface area contributed by atoms with Crippen molar-refractivity contribution >= 4 is 0 Å². The van der Waals surface area contributed by atoms with Crippen LogP contribution in [0.4, 0.5) is 4.39 Å². The van der Waals surface area contributed by atoms with Crippen LogP contribution in [0.15, 0.2) is 12.2 Å². The van der Waals surface area contributed by atoms with Crippen molar-refractivity contribution in [1.82, 2.24) is 0 Å². The molecule has 3 rings (SSSR count). The maximum Gasteiger partial charge on any atom is 0.186 e. The lowest BCUT2D eigenvalue weighted by Crippen LogP contribution is -2.36. The van der Waals surface area contributed by atoms with Crippen LogP contribution in [-0.2, 0) is 14.2 Å². The van der Waals surface area contributed by atoms with Crippen LogP contribution in [0.1, 0.15) is 72.1 Å². The monoisotopic (exact) mass is 384 g/mol. The summed E-state index contributed by atoms with van der Waals surface area (Å²) in [5, 5.41) is 9.68. The van der Waals surface area contributed by atoms with E-state index in [4.69, 9.17) is 14.2 Å². The third kappa shape index (κ3) is 5.11. The highest BCUT2D eigenvalue weighted by Crippen LogP contribution is 2.45. The summed E-state index contributed by atoms with van der Waals surface area (Å²) in [6.07, 6.45) is 9.65. The van der Waals surface area contributed by atoms with E-state index >= 15 is 0 Å². The number of aliphatic hydroxyl groups is 1. The van der Waals surface area contributed by atoms with Gasteiger partial charge in [-0.25, -0.2) is 4.39 Å². The third-order valence-corrected chi connectivity index (χ3v) is 6.58. The molecular formula is C22H37FO4. The van der Waals surface area contributed by atoms with Crippen LogP contribution < -0.4 is 0 Å². The van der Waals surface area contributed by atoms with Crippen molar-refractivity contribution < 1.29 is 23.7 Å². The summed E-state index contributed by atoms with van der Waals surface area (Å²) in [5.41, 5.74) is -0.00781. The van der Waals surface area contributed by atoms with Gasteiger partial charge in [0.05, 0.1) is 12.2 Å². The molecular weight excluding hydrogens is 347 g/mol. The number of fused-ring (bicyclic) bond motifs is 1. The van der Waals surface area contributed by atoms with E-state index in [0.717, 1.165) is 58.0 Å². The van der Waals surface area contributed by atoms with Gasteiger partial charge < -0.3 is 19.3 Å². The first kappa shape index (κ1) is 21.2. The molecule has 0 aromatic rings. The van der Waals surface area contributed by atoms with Gasteiger partial charge in [-0.15, -0.1) is 0 Å². The minimum absolute atomic E-state index is 0.00781. The van der Waals surface area contributed by atoms with Crippen molar-refractivity contribution in [1.29, 1.82) is 0 Å². The molecule has 3 aliphatic rings. The van der Waals surface area contributed by atoms with Crippen LogP contribution in [0.3, 0.4) is 0 Å². The summed E-state index contributed by atoms with van der Waals surface area (Å²) in [6.45, 7) is 7.47. The lowest BCUT2D eigenvalue weighted by molar-refractivity contribution is -0.197. The lowest BCUT2D eigenvalue weighted by Gasteiger charge is -2.36. The maximum atomic E-state index is 14.4. The fourth-order valence-electron chi connectivity index (χ4n) is 4.78. The molecule has 5 heteroatoms. The van der Waals surface area contributed by atoms with Crippen LogP contribution in [-0.4, -0.2) is 42.7 Å². The van der Waals surface area contributed by atoms with Crippen molar-refractivity contribution in [2.75, 3.05) is 6.61 Å². The molecule has 2 aliphatic heterocycles. The molecule has 7 atom stereocenters. The second kappa shape index (κ2) is 9.34. The van der Waals surface area contributed by atoms with E-state index in [-0.39, 0.29) is 35.7 Å². The Kier molecular flexibility index (Phi) is 7.34. The van der Waals surface area contributed by atoms with Crippen molar-refractivity contribution in [3.8, 4) is 0 Å². The Balaban J connectivity index is 1.69. The number of rotatable bonds is 8. The molecule has 0 radical (unpaired) electrons. The van der Waals surface area contributed by atoms with Crippen LogP contribution in [0, 0.1) is 17.3 Å². The zero-order chi connectivity index (χ0) is 19.4. The highest BCUT2D eigenvalue weighted by Gasteiger charge is 2.50. The van der Waals surface area contributed by atoms with Gasteiger partial charge in [0.25, 0.3) is 0 Å². The first-order chi connectivity index (χ1) is 12.9. The quantitative estimate of drug-likeness (QED) is 0.614. The Morgan fingerprint density at radius 1 is 1.26 bits per heavy atom. The second-order valence-corrected chi connectivity index (χ2v) is 9.16. The normalized spacial score (nSPS) is 38.4. The number of hydrogen-bond acceptors (Lipinski definition) is 4. The molecule has 2 heterocycles. The second-order valence-electron chi connectivity index (χ2n) is 9.16.